The number of amidine groups is 2. The molecule has 3 aromatic rings. The van der Waals surface area contributed by atoms with Gasteiger partial charge in [0.2, 0.25) is 0 Å². The third kappa shape index (κ3) is 4.30. The molecular weight excluding hydrogens is 404 g/mol. The van der Waals surface area contributed by atoms with Crippen LogP contribution in [0.2, 0.25) is 0 Å². The Morgan fingerprint density at radius 3 is 1.81 bits per heavy atom. The molecule has 0 saturated heterocycles. The Balaban J connectivity index is 1.50. The summed E-state index contributed by atoms with van der Waals surface area (Å²) < 4.78 is 0. The first-order valence-electron chi connectivity index (χ1n) is 10.1. The van der Waals surface area contributed by atoms with E-state index in [0.29, 0.717) is 0 Å². The van der Waals surface area contributed by atoms with Gasteiger partial charge in [-0.25, -0.2) is 9.98 Å². The van der Waals surface area contributed by atoms with Crippen molar-refractivity contribution in [1.82, 2.24) is 5.32 Å². The van der Waals surface area contributed by atoms with Gasteiger partial charge in [0.15, 0.2) is 6.17 Å². The maximum atomic E-state index is 6.21. The molecule has 0 aliphatic carbocycles. The lowest BCUT2D eigenvalue weighted by Crippen LogP contribution is -2.38. The molecule has 152 valence electrons. The van der Waals surface area contributed by atoms with Crippen LogP contribution in [0, 0.1) is 0 Å². The lowest BCUT2D eigenvalue weighted by atomic mass is 10.0. The number of nitrogens with one attached hydrogen (secondary N) is 1. The van der Waals surface area contributed by atoms with Gasteiger partial charge in [-0.1, -0.05) is 97.1 Å². The number of nitrogens with zero attached hydrogens (tertiary/aromatic N) is 3. The summed E-state index contributed by atoms with van der Waals surface area (Å²) in [6, 6.07) is 28.8. The number of hydrogen-bond acceptors (Lipinski definition) is 3. The van der Waals surface area contributed by atoms with Gasteiger partial charge in [-0.05, 0) is 22.2 Å². The fraction of sp³-hybridized carbons (Fsp3) is 0.0769. The second-order valence-corrected chi connectivity index (χ2v) is 7.71. The SMILES string of the molecule is ClC1C=C(C2N=C(c3ccccc3)NC(c3ccc(-c4ccccc4)cc3)=N2)C=C[N-]1. The van der Waals surface area contributed by atoms with Crippen LogP contribution in [0.15, 0.2) is 119 Å². The van der Waals surface area contributed by atoms with E-state index < -0.39 is 5.50 Å². The highest BCUT2D eigenvalue weighted by molar-refractivity contribution is 6.23. The molecule has 0 aromatic heterocycles. The van der Waals surface area contributed by atoms with E-state index >= 15 is 0 Å². The van der Waals surface area contributed by atoms with Crippen LogP contribution in [0.4, 0.5) is 0 Å². The van der Waals surface area contributed by atoms with E-state index in [1.54, 1.807) is 6.20 Å². The van der Waals surface area contributed by atoms with Gasteiger partial charge >= 0.3 is 0 Å². The van der Waals surface area contributed by atoms with Gasteiger partial charge in [0.25, 0.3) is 0 Å². The summed E-state index contributed by atoms with van der Waals surface area (Å²) in [7, 11) is 0. The quantitative estimate of drug-likeness (QED) is 0.414. The lowest BCUT2D eigenvalue weighted by Gasteiger charge is -2.28. The summed E-state index contributed by atoms with van der Waals surface area (Å²) in [4.78, 5) is 9.74. The van der Waals surface area contributed by atoms with Crippen molar-refractivity contribution >= 4 is 23.3 Å². The summed E-state index contributed by atoms with van der Waals surface area (Å²) in [5, 5.41) is 7.58. The zero-order chi connectivity index (χ0) is 21.0. The first kappa shape index (κ1) is 19.3. The largest absolute Gasteiger partial charge is 0.672 e. The average Bonchev–Trinajstić information content (AvgIpc) is 2.85. The lowest BCUT2D eigenvalue weighted by molar-refractivity contribution is 0.808. The van der Waals surface area contributed by atoms with E-state index in [0.717, 1.165) is 28.4 Å². The highest BCUT2D eigenvalue weighted by atomic mass is 35.5. The molecule has 0 saturated carbocycles. The average molecular weight is 424 g/mol. The van der Waals surface area contributed by atoms with Gasteiger partial charge in [-0.15, -0.1) is 11.6 Å². The zero-order valence-electron chi connectivity index (χ0n) is 16.7. The number of aliphatic imine (C=N–C) groups is 2. The van der Waals surface area contributed by atoms with Gasteiger partial charge in [-0.3, -0.25) is 0 Å². The van der Waals surface area contributed by atoms with E-state index in [1.807, 2.05) is 60.7 Å². The second kappa shape index (κ2) is 8.62. The number of rotatable bonds is 4. The fourth-order valence-electron chi connectivity index (χ4n) is 3.58. The van der Waals surface area contributed by atoms with E-state index in [2.05, 4.69) is 47.0 Å². The van der Waals surface area contributed by atoms with Gasteiger partial charge < -0.3 is 10.6 Å². The summed E-state index contributed by atoms with van der Waals surface area (Å²) >= 11 is 6.21. The molecule has 4 nitrogen and oxygen atoms in total. The first-order chi connectivity index (χ1) is 15.3. The highest BCUT2D eigenvalue weighted by Gasteiger charge is 2.21. The van der Waals surface area contributed by atoms with Crippen LogP contribution in [0.1, 0.15) is 11.1 Å². The Hall–Kier alpha value is -3.63. The van der Waals surface area contributed by atoms with Gasteiger partial charge in [0.05, 0.1) is 0 Å². The normalized spacial score (nSPS) is 20.1. The molecule has 0 bridgehead atoms. The summed E-state index contributed by atoms with van der Waals surface area (Å²) in [6.07, 6.45) is 5.15. The molecule has 2 heterocycles. The van der Waals surface area contributed by atoms with E-state index in [4.69, 9.17) is 21.6 Å². The molecule has 2 unspecified atom stereocenters. The number of alkyl halides is 1. The van der Waals surface area contributed by atoms with Crippen molar-refractivity contribution in [3.8, 4) is 11.1 Å². The Labute approximate surface area is 186 Å². The van der Waals surface area contributed by atoms with Crippen molar-refractivity contribution in [2.75, 3.05) is 0 Å². The van der Waals surface area contributed by atoms with Crippen molar-refractivity contribution in [1.29, 1.82) is 0 Å². The molecular formula is C26H20ClN4-. The summed E-state index contributed by atoms with van der Waals surface area (Å²) in [5.74, 6) is 1.56. The van der Waals surface area contributed by atoms with Crippen molar-refractivity contribution in [3.63, 3.8) is 0 Å². The molecule has 2 atom stereocenters. The second-order valence-electron chi connectivity index (χ2n) is 7.27. The minimum atomic E-state index is -0.394. The molecule has 0 spiro atoms. The van der Waals surface area contributed by atoms with E-state index in [1.165, 1.54) is 11.1 Å². The Bertz CT molecular complexity index is 1180. The molecule has 0 radical (unpaired) electrons. The zero-order valence-corrected chi connectivity index (χ0v) is 17.4. The third-order valence-corrected chi connectivity index (χ3v) is 5.41. The van der Waals surface area contributed by atoms with Crippen LogP contribution in [0.5, 0.6) is 0 Å². The van der Waals surface area contributed by atoms with Gasteiger partial charge in [0.1, 0.15) is 11.7 Å². The van der Waals surface area contributed by atoms with Crippen molar-refractivity contribution in [2.24, 2.45) is 9.98 Å². The molecule has 5 heteroatoms. The standard InChI is InChI=1S/C26H20ClN4/c27-23-17-22(15-16-28-23)26-30-24(20-9-5-2-6-10-20)29-25(31-26)21-13-11-19(12-14-21)18-7-3-1-4-8-18/h1-17,23,26H,(H,29,30,31)/q-1. The van der Waals surface area contributed by atoms with Crippen LogP contribution in [-0.4, -0.2) is 23.3 Å². The van der Waals surface area contributed by atoms with Crippen LogP contribution < -0.4 is 5.32 Å². The van der Waals surface area contributed by atoms with E-state index in [-0.39, 0.29) is 6.17 Å². The topological polar surface area (TPSA) is 50.9 Å². The minimum Gasteiger partial charge on any atom is -0.672 e. The number of benzene rings is 3. The summed E-state index contributed by atoms with van der Waals surface area (Å²) in [6.45, 7) is 0. The molecule has 0 amide bonds. The Kier molecular flexibility index (Phi) is 5.38. The highest BCUT2D eigenvalue weighted by Crippen LogP contribution is 2.25. The third-order valence-electron chi connectivity index (χ3n) is 5.18. The van der Waals surface area contributed by atoms with Crippen molar-refractivity contribution < 1.29 is 0 Å². The van der Waals surface area contributed by atoms with E-state index in [9.17, 15) is 0 Å². The number of halogens is 1. The molecule has 2 aliphatic rings. The maximum Gasteiger partial charge on any atom is 0.169 e. The first-order valence-corrected chi connectivity index (χ1v) is 10.6. The van der Waals surface area contributed by atoms with Crippen molar-refractivity contribution in [3.05, 3.63) is 125 Å². The van der Waals surface area contributed by atoms with Crippen molar-refractivity contribution in [2.45, 2.75) is 11.7 Å². The maximum absolute atomic E-state index is 6.21. The van der Waals surface area contributed by atoms with Gasteiger partial charge in [-0.2, -0.15) is 6.20 Å². The number of hydrogen-bond donors (Lipinski definition) is 1. The molecule has 0 fully saturated rings. The fourth-order valence-corrected chi connectivity index (χ4v) is 3.79. The molecule has 5 rings (SSSR count). The van der Waals surface area contributed by atoms with Crippen LogP contribution in [0.25, 0.3) is 16.4 Å². The smallest absolute Gasteiger partial charge is 0.169 e. The predicted octanol–water partition coefficient (Wildman–Crippen LogP) is 5.87. The molecule has 3 aromatic carbocycles. The van der Waals surface area contributed by atoms with Crippen LogP contribution in [-0.2, 0) is 0 Å². The minimum absolute atomic E-state index is 0.381. The monoisotopic (exact) mass is 423 g/mol. The van der Waals surface area contributed by atoms with Crippen LogP contribution >= 0.6 is 11.6 Å². The Morgan fingerprint density at radius 2 is 1.19 bits per heavy atom. The molecule has 1 N–H and O–H groups in total. The van der Waals surface area contributed by atoms with Gasteiger partial charge in [0, 0.05) is 11.1 Å². The predicted molar refractivity (Wildman–Crippen MR) is 129 cm³/mol. The molecule has 2 aliphatic heterocycles. The van der Waals surface area contributed by atoms with Crippen LogP contribution in [0.3, 0.4) is 0 Å². The summed E-state index contributed by atoms with van der Waals surface area (Å²) in [5.41, 5.74) is 4.90. The molecule has 31 heavy (non-hydrogen) atoms. The Morgan fingerprint density at radius 1 is 0.677 bits per heavy atom.